The van der Waals surface area contributed by atoms with Crippen LogP contribution in [0.15, 0.2) is 27.4 Å². The molecule has 86 valence electrons. The van der Waals surface area contributed by atoms with Gasteiger partial charge in [0.05, 0.1) is 5.52 Å². The Kier molecular flexibility index (Phi) is 3.24. The lowest BCUT2D eigenvalue weighted by Gasteiger charge is -2.00. The van der Waals surface area contributed by atoms with Crippen molar-refractivity contribution >= 4 is 28.5 Å². The predicted octanol–water partition coefficient (Wildman–Crippen LogP) is 1.93. The zero-order valence-electron chi connectivity index (χ0n) is 9.10. The Labute approximate surface area is 97.4 Å². The van der Waals surface area contributed by atoms with Crippen molar-refractivity contribution < 1.29 is 4.42 Å². The number of fused-ring (bicyclic) bond motifs is 1. The van der Waals surface area contributed by atoms with Crippen LogP contribution in [0.2, 0.25) is 0 Å². The van der Waals surface area contributed by atoms with E-state index in [1.807, 2.05) is 6.07 Å². The summed E-state index contributed by atoms with van der Waals surface area (Å²) in [5.74, 6) is 0.732. The van der Waals surface area contributed by atoms with Gasteiger partial charge in [-0.3, -0.25) is 4.57 Å². The Hall–Kier alpha value is -1.36. The van der Waals surface area contributed by atoms with Crippen LogP contribution in [0.4, 0.5) is 5.69 Å². The van der Waals surface area contributed by atoms with Crippen LogP contribution in [0.3, 0.4) is 0 Å². The average Bonchev–Trinajstić information content (AvgIpc) is 2.55. The van der Waals surface area contributed by atoms with E-state index >= 15 is 0 Å². The molecule has 0 saturated carbocycles. The summed E-state index contributed by atoms with van der Waals surface area (Å²) in [7, 11) is 0. The van der Waals surface area contributed by atoms with Gasteiger partial charge in [-0.05, 0) is 30.6 Å². The Morgan fingerprint density at radius 2 is 2.31 bits per heavy atom. The van der Waals surface area contributed by atoms with Gasteiger partial charge >= 0.3 is 5.76 Å². The van der Waals surface area contributed by atoms with E-state index in [9.17, 15) is 4.79 Å². The summed E-state index contributed by atoms with van der Waals surface area (Å²) in [6.45, 7) is 0.691. The summed E-state index contributed by atoms with van der Waals surface area (Å²) in [5.41, 5.74) is 7.62. The van der Waals surface area contributed by atoms with E-state index in [0.29, 0.717) is 17.8 Å². The molecule has 0 spiro atoms. The van der Waals surface area contributed by atoms with E-state index < -0.39 is 0 Å². The third-order valence-corrected chi connectivity index (χ3v) is 3.12. The van der Waals surface area contributed by atoms with Gasteiger partial charge in [-0.1, -0.05) is 0 Å². The fourth-order valence-electron chi connectivity index (χ4n) is 1.66. The molecule has 0 aliphatic heterocycles. The van der Waals surface area contributed by atoms with Crippen molar-refractivity contribution in [1.82, 2.24) is 4.57 Å². The second kappa shape index (κ2) is 4.65. The van der Waals surface area contributed by atoms with Gasteiger partial charge in [-0.2, -0.15) is 11.8 Å². The number of oxazole rings is 1. The third kappa shape index (κ3) is 2.09. The van der Waals surface area contributed by atoms with Crippen LogP contribution in [0.5, 0.6) is 0 Å². The first-order chi connectivity index (χ1) is 7.72. The maximum atomic E-state index is 11.6. The smallest absolute Gasteiger partial charge is 0.408 e. The molecular formula is C11H14N2O2S. The first-order valence-electron chi connectivity index (χ1n) is 5.10. The molecule has 0 bridgehead atoms. The summed E-state index contributed by atoms with van der Waals surface area (Å²) in [5, 5.41) is 0. The van der Waals surface area contributed by atoms with Gasteiger partial charge in [0, 0.05) is 18.3 Å². The summed E-state index contributed by atoms with van der Waals surface area (Å²) >= 11 is 1.77. The highest BCUT2D eigenvalue weighted by molar-refractivity contribution is 7.98. The fourth-order valence-corrected chi connectivity index (χ4v) is 2.08. The van der Waals surface area contributed by atoms with E-state index in [1.165, 1.54) is 0 Å². The van der Waals surface area contributed by atoms with Crippen LogP contribution >= 0.6 is 11.8 Å². The summed E-state index contributed by atoms with van der Waals surface area (Å²) in [4.78, 5) is 11.6. The monoisotopic (exact) mass is 238 g/mol. The summed E-state index contributed by atoms with van der Waals surface area (Å²) in [6, 6.07) is 5.29. The minimum Gasteiger partial charge on any atom is -0.408 e. The molecule has 0 atom stereocenters. The van der Waals surface area contributed by atoms with E-state index in [2.05, 4.69) is 6.26 Å². The lowest BCUT2D eigenvalue weighted by molar-refractivity contribution is 0.503. The zero-order chi connectivity index (χ0) is 11.5. The normalized spacial score (nSPS) is 11.1. The van der Waals surface area contributed by atoms with Crippen molar-refractivity contribution in [2.45, 2.75) is 13.0 Å². The maximum Gasteiger partial charge on any atom is 0.419 e. The molecule has 1 heterocycles. The minimum absolute atomic E-state index is 0.304. The lowest BCUT2D eigenvalue weighted by Crippen LogP contribution is -2.14. The molecule has 5 heteroatoms. The molecule has 4 nitrogen and oxygen atoms in total. The molecule has 2 N–H and O–H groups in total. The number of hydrogen-bond donors (Lipinski definition) is 1. The van der Waals surface area contributed by atoms with Gasteiger partial charge in [0.1, 0.15) is 0 Å². The van der Waals surface area contributed by atoms with Crippen molar-refractivity contribution in [2.24, 2.45) is 0 Å². The number of nitrogens with two attached hydrogens (primary N) is 1. The van der Waals surface area contributed by atoms with Crippen molar-refractivity contribution in [3.8, 4) is 0 Å². The number of aromatic nitrogens is 1. The number of hydrogen-bond acceptors (Lipinski definition) is 4. The number of benzene rings is 1. The van der Waals surface area contributed by atoms with Crippen LogP contribution in [0, 0.1) is 0 Å². The van der Waals surface area contributed by atoms with E-state index in [0.717, 1.165) is 17.7 Å². The largest absolute Gasteiger partial charge is 0.419 e. The molecule has 1 aromatic carbocycles. The standard InChI is InChI=1S/C11H14N2O2S/c1-16-6-2-5-13-9-4-3-8(12)7-10(9)15-11(13)14/h3-4,7H,2,5-6,12H2,1H3. The van der Waals surface area contributed by atoms with Gasteiger partial charge in [0.2, 0.25) is 0 Å². The number of anilines is 1. The number of nitrogen functional groups attached to an aromatic ring is 1. The molecule has 16 heavy (non-hydrogen) atoms. The Balaban J connectivity index is 2.36. The second-order valence-electron chi connectivity index (χ2n) is 3.59. The van der Waals surface area contributed by atoms with E-state index in [4.69, 9.17) is 10.2 Å². The van der Waals surface area contributed by atoms with Crippen LogP contribution in [-0.4, -0.2) is 16.6 Å². The topological polar surface area (TPSA) is 61.2 Å². The summed E-state index contributed by atoms with van der Waals surface area (Å²) < 4.78 is 6.79. The van der Waals surface area contributed by atoms with Crippen molar-refractivity contribution in [3.05, 3.63) is 28.7 Å². The highest BCUT2D eigenvalue weighted by atomic mass is 32.2. The number of aryl methyl sites for hydroxylation is 1. The molecule has 0 radical (unpaired) electrons. The molecule has 0 unspecified atom stereocenters. The molecular weight excluding hydrogens is 224 g/mol. The molecule has 0 saturated heterocycles. The molecule has 0 fully saturated rings. The van der Waals surface area contributed by atoms with Gasteiger partial charge < -0.3 is 10.2 Å². The number of rotatable bonds is 4. The maximum absolute atomic E-state index is 11.6. The van der Waals surface area contributed by atoms with Crippen molar-refractivity contribution in [1.29, 1.82) is 0 Å². The van der Waals surface area contributed by atoms with E-state index in [1.54, 1.807) is 28.5 Å². The van der Waals surface area contributed by atoms with Gasteiger partial charge in [-0.15, -0.1) is 0 Å². The highest BCUT2D eigenvalue weighted by Gasteiger charge is 2.08. The first-order valence-corrected chi connectivity index (χ1v) is 6.49. The highest BCUT2D eigenvalue weighted by Crippen LogP contribution is 2.16. The molecule has 0 aliphatic carbocycles. The van der Waals surface area contributed by atoms with Crippen LogP contribution < -0.4 is 11.5 Å². The fraction of sp³-hybridized carbons (Fsp3) is 0.364. The Bertz CT molecular complexity index is 544. The lowest BCUT2D eigenvalue weighted by atomic mass is 10.3. The SMILES string of the molecule is CSCCCn1c(=O)oc2cc(N)ccc21. The molecule has 2 rings (SSSR count). The van der Waals surface area contributed by atoms with Crippen molar-refractivity contribution in [2.75, 3.05) is 17.7 Å². The minimum atomic E-state index is -0.304. The second-order valence-corrected chi connectivity index (χ2v) is 4.58. The van der Waals surface area contributed by atoms with Crippen LogP contribution in [0.25, 0.3) is 11.1 Å². The number of thioether (sulfide) groups is 1. The van der Waals surface area contributed by atoms with Crippen LogP contribution in [-0.2, 0) is 6.54 Å². The van der Waals surface area contributed by atoms with Gasteiger partial charge in [0.25, 0.3) is 0 Å². The average molecular weight is 238 g/mol. The quantitative estimate of drug-likeness (QED) is 0.653. The Morgan fingerprint density at radius 3 is 3.06 bits per heavy atom. The van der Waals surface area contributed by atoms with Crippen molar-refractivity contribution in [3.63, 3.8) is 0 Å². The predicted molar refractivity (Wildman–Crippen MR) is 67.9 cm³/mol. The zero-order valence-corrected chi connectivity index (χ0v) is 9.92. The number of nitrogens with zero attached hydrogens (tertiary/aromatic N) is 1. The molecule has 0 aliphatic rings. The van der Waals surface area contributed by atoms with E-state index in [-0.39, 0.29) is 5.76 Å². The van der Waals surface area contributed by atoms with Gasteiger partial charge in [-0.25, -0.2) is 4.79 Å². The molecule has 2 aromatic rings. The summed E-state index contributed by atoms with van der Waals surface area (Å²) in [6.07, 6.45) is 3.01. The van der Waals surface area contributed by atoms with Crippen LogP contribution in [0.1, 0.15) is 6.42 Å². The first kappa shape index (κ1) is 11.1. The molecule has 0 amide bonds. The third-order valence-electron chi connectivity index (χ3n) is 2.42. The van der Waals surface area contributed by atoms with Gasteiger partial charge in [0.15, 0.2) is 5.58 Å². The molecule has 1 aromatic heterocycles. The Morgan fingerprint density at radius 1 is 1.50 bits per heavy atom.